The Hall–Kier alpha value is -0.630. The summed E-state index contributed by atoms with van der Waals surface area (Å²) in [7, 11) is 0. The van der Waals surface area contributed by atoms with Crippen LogP contribution in [0.4, 0.5) is 0 Å². The highest BCUT2D eigenvalue weighted by Gasteiger charge is 2.11. The van der Waals surface area contributed by atoms with E-state index in [9.17, 15) is 0 Å². The average molecular weight is 224 g/mol. The maximum absolute atomic E-state index is 4.38. The fraction of sp³-hybridized carbons (Fsp3) is 0.300. The first-order valence-electron chi connectivity index (χ1n) is 4.08. The number of rotatable bonds is 0. The molecule has 0 spiro atoms. The molecule has 0 aliphatic carbocycles. The number of benzene rings is 1. The zero-order valence-electron chi connectivity index (χ0n) is 6.92. The van der Waals surface area contributed by atoms with Gasteiger partial charge in [-0.25, -0.2) is 0 Å². The van der Waals surface area contributed by atoms with Gasteiger partial charge in [0.1, 0.15) is 0 Å². The van der Waals surface area contributed by atoms with Crippen molar-refractivity contribution in [3.8, 4) is 0 Å². The van der Waals surface area contributed by atoms with Crippen molar-refractivity contribution in [2.24, 2.45) is 4.99 Å². The molecule has 0 radical (unpaired) electrons. The molecule has 0 aromatic heterocycles. The average Bonchev–Trinajstić information content (AvgIpc) is 2.04. The summed E-state index contributed by atoms with van der Waals surface area (Å²) in [6.45, 7) is 2.14. The smallest absolute Gasteiger partial charge is 0.0512 e. The van der Waals surface area contributed by atoms with Gasteiger partial charge in [0.15, 0.2) is 0 Å². The molecule has 0 amide bonds. The Morgan fingerprint density at radius 3 is 3.17 bits per heavy atom. The molecule has 0 unspecified atom stereocenters. The van der Waals surface area contributed by atoms with Crippen molar-refractivity contribution in [1.82, 2.24) is 0 Å². The normalized spacial score (nSPS) is 20.7. The highest BCUT2D eigenvalue weighted by molar-refractivity contribution is 9.10. The molecule has 2 rings (SSSR count). The van der Waals surface area contributed by atoms with Gasteiger partial charge in [0.05, 0.1) is 6.04 Å². The summed E-state index contributed by atoms with van der Waals surface area (Å²) in [6.07, 6.45) is 3.03. The molecular formula is C10H10BrN. The zero-order chi connectivity index (χ0) is 8.55. The first-order valence-corrected chi connectivity index (χ1v) is 4.87. The Morgan fingerprint density at radius 2 is 2.33 bits per heavy atom. The van der Waals surface area contributed by atoms with Crippen LogP contribution in [0, 0.1) is 0 Å². The molecule has 12 heavy (non-hydrogen) atoms. The molecule has 1 aromatic carbocycles. The molecule has 1 aromatic rings. The first kappa shape index (κ1) is 7.99. The molecule has 1 nitrogen and oxygen atoms in total. The third-order valence-corrected chi connectivity index (χ3v) is 2.81. The van der Waals surface area contributed by atoms with Gasteiger partial charge in [0.2, 0.25) is 0 Å². The van der Waals surface area contributed by atoms with Crippen LogP contribution in [-0.4, -0.2) is 12.3 Å². The van der Waals surface area contributed by atoms with E-state index in [2.05, 4.69) is 46.0 Å². The molecule has 0 saturated carbocycles. The van der Waals surface area contributed by atoms with E-state index < -0.39 is 0 Å². The van der Waals surface area contributed by atoms with Crippen LogP contribution in [0.1, 0.15) is 18.1 Å². The van der Waals surface area contributed by atoms with Crippen molar-refractivity contribution >= 4 is 22.1 Å². The van der Waals surface area contributed by atoms with Gasteiger partial charge in [-0.05, 0) is 25.0 Å². The minimum Gasteiger partial charge on any atom is -0.289 e. The summed E-state index contributed by atoms with van der Waals surface area (Å²) in [5.41, 5.74) is 2.64. The van der Waals surface area contributed by atoms with Crippen molar-refractivity contribution in [2.75, 3.05) is 0 Å². The number of hydrogen-bond acceptors (Lipinski definition) is 1. The van der Waals surface area contributed by atoms with Crippen LogP contribution in [0.25, 0.3) is 0 Å². The van der Waals surface area contributed by atoms with E-state index in [0.29, 0.717) is 6.04 Å². The van der Waals surface area contributed by atoms with E-state index >= 15 is 0 Å². The lowest BCUT2D eigenvalue weighted by Gasteiger charge is -2.15. The lowest BCUT2D eigenvalue weighted by atomic mass is 9.99. The van der Waals surface area contributed by atoms with E-state index in [4.69, 9.17) is 0 Å². The third-order valence-electron chi connectivity index (χ3n) is 2.12. The second-order valence-corrected chi connectivity index (χ2v) is 4.00. The molecular weight excluding hydrogens is 214 g/mol. The molecule has 0 saturated heterocycles. The van der Waals surface area contributed by atoms with Crippen molar-refractivity contribution in [3.05, 3.63) is 33.8 Å². The Kier molecular flexibility index (Phi) is 2.01. The van der Waals surface area contributed by atoms with Crippen LogP contribution < -0.4 is 0 Å². The minimum atomic E-state index is 0.437. The zero-order valence-corrected chi connectivity index (χ0v) is 8.51. The monoisotopic (exact) mass is 223 g/mol. The Labute approximate surface area is 80.6 Å². The summed E-state index contributed by atoms with van der Waals surface area (Å²) in [4.78, 5) is 4.38. The predicted octanol–water partition coefficient (Wildman–Crippen LogP) is 2.81. The number of fused-ring (bicyclic) bond motifs is 1. The summed E-state index contributed by atoms with van der Waals surface area (Å²) in [5.74, 6) is 0. The van der Waals surface area contributed by atoms with Crippen LogP contribution in [0.15, 0.2) is 27.7 Å². The van der Waals surface area contributed by atoms with E-state index in [1.165, 1.54) is 11.1 Å². The molecule has 1 aliphatic heterocycles. The number of aliphatic imine (C=N–C) groups is 1. The molecule has 0 fully saturated rings. The highest BCUT2D eigenvalue weighted by Crippen LogP contribution is 2.23. The topological polar surface area (TPSA) is 12.4 Å². The van der Waals surface area contributed by atoms with Crippen LogP contribution in [-0.2, 0) is 6.42 Å². The molecule has 0 N–H and O–H groups in total. The number of halogens is 1. The van der Waals surface area contributed by atoms with Crippen molar-refractivity contribution in [3.63, 3.8) is 0 Å². The van der Waals surface area contributed by atoms with Gasteiger partial charge in [-0.15, -0.1) is 0 Å². The Bertz CT molecular complexity index is 331. The summed E-state index contributed by atoms with van der Waals surface area (Å²) >= 11 is 3.51. The fourth-order valence-corrected chi connectivity index (χ4v) is 1.99. The van der Waals surface area contributed by atoms with Crippen molar-refractivity contribution < 1.29 is 0 Å². The summed E-state index contributed by atoms with van der Waals surface area (Å²) < 4.78 is 1.15. The van der Waals surface area contributed by atoms with Gasteiger partial charge >= 0.3 is 0 Å². The lowest BCUT2D eigenvalue weighted by molar-refractivity contribution is 0.732. The lowest BCUT2D eigenvalue weighted by Crippen LogP contribution is -2.11. The predicted molar refractivity (Wildman–Crippen MR) is 54.9 cm³/mol. The van der Waals surface area contributed by atoms with Gasteiger partial charge < -0.3 is 0 Å². The van der Waals surface area contributed by atoms with Crippen molar-refractivity contribution in [1.29, 1.82) is 0 Å². The molecule has 2 heteroatoms. The molecule has 0 bridgehead atoms. The second-order valence-electron chi connectivity index (χ2n) is 3.14. The van der Waals surface area contributed by atoms with Crippen LogP contribution in [0.5, 0.6) is 0 Å². The Morgan fingerprint density at radius 1 is 1.50 bits per heavy atom. The number of nitrogens with zero attached hydrogens (tertiary/aromatic N) is 1. The van der Waals surface area contributed by atoms with Crippen LogP contribution >= 0.6 is 15.9 Å². The third kappa shape index (κ3) is 1.31. The van der Waals surface area contributed by atoms with E-state index in [1.54, 1.807) is 0 Å². The SMILES string of the molecule is C[C@H]1Cc2cccc(Br)c2C=N1. The van der Waals surface area contributed by atoms with Crippen LogP contribution in [0.2, 0.25) is 0 Å². The summed E-state index contributed by atoms with van der Waals surface area (Å²) in [6, 6.07) is 6.74. The first-order chi connectivity index (χ1) is 5.77. The van der Waals surface area contributed by atoms with Gasteiger partial charge in [-0.3, -0.25) is 4.99 Å². The maximum Gasteiger partial charge on any atom is 0.0512 e. The van der Waals surface area contributed by atoms with Crippen molar-refractivity contribution in [2.45, 2.75) is 19.4 Å². The van der Waals surface area contributed by atoms with E-state index in [1.807, 2.05) is 6.21 Å². The summed E-state index contributed by atoms with van der Waals surface area (Å²) in [5, 5.41) is 0. The van der Waals surface area contributed by atoms with Crippen LogP contribution in [0.3, 0.4) is 0 Å². The van der Waals surface area contributed by atoms with Gasteiger partial charge in [-0.1, -0.05) is 28.1 Å². The van der Waals surface area contributed by atoms with E-state index in [0.717, 1.165) is 10.9 Å². The van der Waals surface area contributed by atoms with Gasteiger partial charge in [0.25, 0.3) is 0 Å². The molecule has 1 heterocycles. The second kappa shape index (κ2) is 3.02. The molecule has 62 valence electrons. The highest BCUT2D eigenvalue weighted by atomic mass is 79.9. The largest absolute Gasteiger partial charge is 0.289 e. The Balaban J connectivity index is 2.53. The number of hydrogen-bond donors (Lipinski definition) is 0. The van der Waals surface area contributed by atoms with E-state index in [-0.39, 0.29) is 0 Å². The molecule has 1 aliphatic rings. The molecule has 1 atom stereocenters. The fourth-order valence-electron chi connectivity index (χ4n) is 1.48. The standard InChI is InChI=1S/C10H10BrN/c1-7-5-8-3-2-4-10(11)9(8)6-12-7/h2-4,6-7H,5H2,1H3/t7-/m0/s1. The van der Waals surface area contributed by atoms with Gasteiger partial charge in [-0.2, -0.15) is 0 Å². The van der Waals surface area contributed by atoms with Gasteiger partial charge in [0, 0.05) is 16.3 Å². The minimum absolute atomic E-state index is 0.437. The maximum atomic E-state index is 4.38. The quantitative estimate of drug-likeness (QED) is 0.642.